The maximum absolute atomic E-state index is 11.4. The molecule has 3 N–H and O–H groups in total. The number of carbonyl (C=O) groups is 2. The molecule has 0 spiro atoms. The van der Waals surface area contributed by atoms with Crippen LogP contribution in [0.3, 0.4) is 0 Å². The van der Waals surface area contributed by atoms with E-state index in [1.54, 1.807) is 6.07 Å². The number of hydrogen-bond acceptors (Lipinski definition) is 5. The van der Waals surface area contributed by atoms with Crippen LogP contribution >= 0.6 is 0 Å². The fraction of sp³-hybridized carbons (Fsp3) is 0.273. The van der Waals surface area contributed by atoms with E-state index in [1.807, 2.05) is 0 Å². The highest BCUT2D eigenvalue weighted by Gasteiger charge is 2.44. The number of aromatic hydroxyl groups is 2. The predicted octanol–water partition coefficient (Wildman–Crippen LogP) is 0.665. The molecule has 1 aromatic rings. The zero-order chi connectivity index (χ0) is 12.6. The number of nitrogens with one attached hydrogen (secondary N) is 1. The molecule has 0 aromatic heterocycles. The molecule has 1 fully saturated rings. The first kappa shape index (κ1) is 11.3. The highest BCUT2D eigenvalue weighted by atomic mass is 16.6. The van der Waals surface area contributed by atoms with Crippen LogP contribution in [-0.2, 0) is 16.0 Å². The van der Waals surface area contributed by atoms with E-state index in [9.17, 15) is 14.7 Å². The lowest BCUT2D eigenvalue weighted by Gasteiger charge is -2.18. The van der Waals surface area contributed by atoms with Crippen LogP contribution < -0.4 is 5.32 Å². The number of phenolic OH excluding ortho intramolecular Hbond substituents is 2. The van der Waals surface area contributed by atoms with Gasteiger partial charge in [-0.15, -0.1) is 0 Å². The largest absolute Gasteiger partial charge is 0.504 e. The second kappa shape index (κ2) is 3.65. The summed E-state index contributed by atoms with van der Waals surface area (Å²) in [5, 5.41) is 20.9. The quantitative estimate of drug-likeness (QED) is 0.399. The van der Waals surface area contributed by atoms with Crippen molar-refractivity contribution in [3.8, 4) is 11.5 Å². The Bertz CT molecular complexity index is 499. The number of phenols is 2. The average Bonchev–Trinajstić information content (AvgIpc) is 2.46. The molecule has 0 saturated carbocycles. The zero-order valence-corrected chi connectivity index (χ0v) is 9.06. The monoisotopic (exact) mass is 237 g/mol. The molecule has 0 unspecified atom stereocenters. The van der Waals surface area contributed by atoms with Crippen LogP contribution in [-0.4, -0.2) is 27.8 Å². The van der Waals surface area contributed by atoms with Gasteiger partial charge in [-0.3, -0.25) is 0 Å². The number of amides is 1. The fourth-order valence-corrected chi connectivity index (χ4v) is 1.70. The molecule has 1 aliphatic rings. The molecular weight excluding hydrogens is 226 g/mol. The number of benzene rings is 1. The summed E-state index contributed by atoms with van der Waals surface area (Å²) in [6.45, 7) is 1.53. The Morgan fingerprint density at radius 3 is 2.53 bits per heavy atom. The van der Waals surface area contributed by atoms with Gasteiger partial charge in [0.25, 0.3) is 0 Å². The predicted molar refractivity (Wildman–Crippen MR) is 56.5 cm³/mol. The summed E-state index contributed by atoms with van der Waals surface area (Å²) in [6, 6.07) is 4.20. The maximum Gasteiger partial charge on any atom is 0.415 e. The molecule has 1 atom stereocenters. The third kappa shape index (κ3) is 2.01. The van der Waals surface area contributed by atoms with Crippen LogP contribution in [0.5, 0.6) is 11.5 Å². The second-order valence-corrected chi connectivity index (χ2v) is 4.13. The summed E-state index contributed by atoms with van der Waals surface area (Å²) in [4.78, 5) is 22.4. The van der Waals surface area contributed by atoms with Gasteiger partial charge in [0.1, 0.15) is 5.54 Å². The van der Waals surface area contributed by atoms with Gasteiger partial charge >= 0.3 is 12.1 Å². The van der Waals surface area contributed by atoms with E-state index in [4.69, 9.17) is 5.11 Å². The van der Waals surface area contributed by atoms with Gasteiger partial charge in [-0.1, -0.05) is 6.07 Å². The summed E-state index contributed by atoms with van der Waals surface area (Å²) in [6.07, 6.45) is -0.605. The summed E-state index contributed by atoms with van der Waals surface area (Å²) < 4.78 is 4.40. The van der Waals surface area contributed by atoms with Gasteiger partial charge in [0, 0.05) is 6.42 Å². The van der Waals surface area contributed by atoms with Gasteiger partial charge in [-0.2, -0.15) is 0 Å². The standard InChI is InChI=1S/C11H11NO5/c1-11(9(15)17-10(16)12-11)5-6-2-3-7(13)8(14)4-6/h2-4,13-14H,5H2,1H3,(H,12,16)/t11-/m0/s1. The third-order valence-corrected chi connectivity index (χ3v) is 2.61. The molecule has 17 heavy (non-hydrogen) atoms. The molecule has 1 amide bonds. The fourth-order valence-electron chi connectivity index (χ4n) is 1.70. The van der Waals surface area contributed by atoms with Crippen molar-refractivity contribution in [3.05, 3.63) is 23.8 Å². The lowest BCUT2D eigenvalue weighted by Crippen LogP contribution is -2.45. The van der Waals surface area contributed by atoms with Crippen molar-refractivity contribution in [2.24, 2.45) is 0 Å². The second-order valence-electron chi connectivity index (χ2n) is 4.13. The number of alkyl carbamates (subject to hydrolysis) is 1. The molecule has 1 saturated heterocycles. The maximum atomic E-state index is 11.4. The minimum absolute atomic E-state index is 0.172. The Labute approximate surface area is 96.8 Å². The SMILES string of the molecule is C[C@@]1(Cc2ccc(O)c(O)c2)NC(=O)OC1=O. The third-order valence-electron chi connectivity index (χ3n) is 2.61. The molecule has 90 valence electrons. The first-order valence-corrected chi connectivity index (χ1v) is 4.96. The smallest absolute Gasteiger partial charge is 0.415 e. The molecule has 0 radical (unpaired) electrons. The Hall–Kier alpha value is -2.24. The van der Waals surface area contributed by atoms with Gasteiger partial charge in [-0.25, -0.2) is 9.59 Å². The lowest BCUT2D eigenvalue weighted by atomic mass is 9.93. The number of carbonyl (C=O) groups excluding carboxylic acids is 2. The summed E-state index contributed by atoms with van der Waals surface area (Å²) in [7, 11) is 0. The van der Waals surface area contributed by atoms with Crippen molar-refractivity contribution in [2.75, 3.05) is 0 Å². The number of esters is 1. The molecule has 1 aromatic carbocycles. The van der Waals surface area contributed by atoms with E-state index in [0.717, 1.165) is 0 Å². The van der Waals surface area contributed by atoms with Crippen molar-refractivity contribution >= 4 is 12.1 Å². The molecule has 1 heterocycles. The molecule has 6 nitrogen and oxygen atoms in total. The van der Waals surface area contributed by atoms with Crippen LogP contribution in [0, 0.1) is 0 Å². The molecular formula is C11H11NO5. The van der Waals surface area contributed by atoms with Crippen molar-refractivity contribution in [2.45, 2.75) is 18.9 Å². The summed E-state index contributed by atoms with van der Waals surface area (Å²) in [5.74, 6) is -1.17. The summed E-state index contributed by atoms with van der Waals surface area (Å²) >= 11 is 0. The van der Waals surface area contributed by atoms with Gasteiger partial charge < -0.3 is 20.3 Å². The Morgan fingerprint density at radius 2 is 2.00 bits per heavy atom. The number of hydrogen-bond donors (Lipinski definition) is 3. The van der Waals surface area contributed by atoms with E-state index in [-0.39, 0.29) is 17.9 Å². The topological polar surface area (TPSA) is 95.9 Å². The van der Waals surface area contributed by atoms with Crippen molar-refractivity contribution < 1.29 is 24.5 Å². The minimum atomic E-state index is -1.14. The normalized spacial score (nSPS) is 23.4. The van der Waals surface area contributed by atoms with Crippen LogP contribution in [0.25, 0.3) is 0 Å². The van der Waals surface area contributed by atoms with Gasteiger partial charge in [-0.05, 0) is 24.6 Å². The molecule has 1 aliphatic heterocycles. The zero-order valence-electron chi connectivity index (χ0n) is 9.06. The summed E-state index contributed by atoms with van der Waals surface area (Å²) in [5.41, 5.74) is -0.539. The number of cyclic esters (lactones) is 2. The van der Waals surface area contributed by atoms with E-state index < -0.39 is 17.6 Å². The van der Waals surface area contributed by atoms with Crippen LogP contribution in [0.4, 0.5) is 4.79 Å². The molecule has 0 bridgehead atoms. The van der Waals surface area contributed by atoms with Crippen molar-refractivity contribution in [1.29, 1.82) is 0 Å². The highest BCUT2D eigenvalue weighted by Crippen LogP contribution is 2.28. The van der Waals surface area contributed by atoms with E-state index in [0.29, 0.717) is 5.56 Å². The number of rotatable bonds is 2. The van der Waals surface area contributed by atoms with Crippen molar-refractivity contribution in [3.63, 3.8) is 0 Å². The Balaban J connectivity index is 2.23. The first-order valence-electron chi connectivity index (χ1n) is 4.96. The number of ether oxygens (including phenoxy) is 1. The van der Waals surface area contributed by atoms with Gasteiger partial charge in [0.15, 0.2) is 11.5 Å². The van der Waals surface area contributed by atoms with Gasteiger partial charge in [0.05, 0.1) is 0 Å². The minimum Gasteiger partial charge on any atom is -0.504 e. The first-order chi connectivity index (χ1) is 7.90. The van der Waals surface area contributed by atoms with Crippen molar-refractivity contribution in [1.82, 2.24) is 5.32 Å². The van der Waals surface area contributed by atoms with Gasteiger partial charge in [0.2, 0.25) is 0 Å². The molecule has 2 rings (SSSR count). The van der Waals surface area contributed by atoms with E-state index >= 15 is 0 Å². The molecule has 0 aliphatic carbocycles. The van der Waals surface area contributed by atoms with E-state index in [2.05, 4.69) is 10.1 Å². The Kier molecular flexibility index (Phi) is 2.42. The Morgan fingerprint density at radius 1 is 1.29 bits per heavy atom. The lowest BCUT2D eigenvalue weighted by molar-refractivity contribution is -0.138. The van der Waals surface area contributed by atoms with Crippen LogP contribution in [0.15, 0.2) is 18.2 Å². The van der Waals surface area contributed by atoms with Crippen LogP contribution in [0.1, 0.15) is 12.5 Å². The van der Waals surface area contributed by atoms with Crippen LogP contribution in [0.2, 0.25) is 0 Å². The highest BCUT2D eigenvalue weighted by molar-refractivity contribution is 5.98. The van der Waals surface area contributed by atoms with E-state index in [1.165, 1.54) is 19.1 Å². The molecule has 6 heteroatoms. The average molecular weight is 237 g/mol.